The van der Waals surface area contributed by atoms with E-state index >= 15 is 0 Å². The number of nitrogens with one attached hydrogen (secondary N) is 1. The summed E-state index contributed by atoms with van der Waals surface area (Å²) in [6.45, 7) is 1.67. The minimum atomic E-state index is -0.716. The van der Waals surface area contributed by atoms with E-state index < -0.39 is 6.10 Å². The van der Waals surface area contributed by atoms with Gasteiger partial charge in [0.2, 0.25) is 0 Å². The summed E-state index contributed by atoms with van der Waals surface area (Å²) in [5.74, 6) is 0.239. The Bertz CT molecular complexity index is 1220. The van der Waals surface area contributed by atoms with Crippen LogP contribution in [0.25, 0.3) is 16.9 Å². The van der Waals surface area contributed by atoms with Gasteiger partial charge in [0.1, 0.15) is 11.4 Å². The Hall–Kier alpha value is -3.71. The van der Waals surface area contributed by atoms with E-state index in [4.69, 9.17) is 9.84 Å². The van der Waals surface area contributed by atoms with E-state index in [2.05, 4.69) is 26.5 Å². The Balaban J connectivity index is 1.52. The molecule has 1 heterocycles. The summed E-state index contributed by atoms with van der Waals surface area (Å²) in [4.78, 5) is 12.4. The average molecular weight is 489 g/mol. The van der Waals surface area contributed by atoms with Gasteiger partial charge in [0.15, 0.2) is 6.10 Å². The maximum atomic E-state index is 12.4. The molecule has 1 N–H and O–H groups in total. The van der Waals surface area contributed by atoms with Crippen molar-refractivity contribution in [2.24, 2.45) is 5.10 Å². The third kappa shape index (κ3) is 5.12. The molecular weight excluding hydrogens is 468 g/mol. The lowest BCUT2D eigenvalue weighted by molar-refractivity contribution is -0.127. The second kappa shape index (κ2) is 10.1. The molecule has 1 aromatic heterocycles. The van der Waals surface area contributed by atoms with Crippen LogP contribution in [-0.2, 0) is 4.79 Å². The SMILES string of the molecule is C[C@H](Oc1ccccc1Br)C(=O)NN=Cc1cn(-c2ccccc2)nc1-c1ccccc1. The lowest BCUT2D eigenvalue weighted by atomic mass is 10.1. The molecule has 4 aromatic rings. The number of para-hydroxylation sites is 2. The fraction of sp³-hybridized carbons (Fsp3) is 0.0800. The number of carbonyl (C=O) groups excluding carboxylic acids is 1. The maximum Gasteiger partial charge on any atom is 0.280 e. The number of aromatic nitrogens is 2. The molecule has 3 aromatic carbocycles. The van der Waals surface area contributed by atoms with Gasteiger partial charge >= 0.3 is 0 Å². The van der Waals surface area contributed by atoms with E-state index in [0.717, 1.165) is 27.0 Å². The highest BCUT2D eigenvalue weighted by Crippen LogP contribution is 2.25. The van der Waals surface area contributed by atoms with Crippen LogP contribution in [-0.4, -0.2) is 28.0 Å². The summed E-state index contributed by atoms with van der Waals surface area (Å²) in [6, 6.07) is 27.1. The number of nitrogens with zero attached hydrogens (tertiary/aromatic N) is 3. The van der Waals surface area contributed by atoms with Gasteiger partial charge in [-0.25, -0.2) is 10.1 Å². The Labute approximate surface area is 194 Å². The molecule has 6 nitrogen and oxygen atoms in total. The second-order valence-corrected chi connectivity index (χ2v) is 7.86. The van der Waals surface area contributed by atoms with Crippen molar-refractivity contribution in [1.29, 1.82) is 0 Å². The molecule has 4 rings (SSSR count). The van der Waals surface area contributed by atoms with E-state index in [0.29, 0.717) is 5.75 Å². The van der Waals surface area contributed by atoms with Crippen molar-refractivity contribution >= 4 is 28.1 Å². The molecule has 7 heteroatoms. The molecule has 32 heavy (non-hydrogen) atoms. The number of carbonyl (C=O) groups is 1. The highest BCUT2D eigenvalue weighted by Gasteiger charge is 2.16. The molecular formula is C25H21BrN4O2. The van der Waals surface area contributed by atoms with Crippen molar-refractivity contribution in [3.05, 3.63) is 101 Å². The van der Waals surface area contributed by atoms with Gasteiger partial charge in [-0.05, 0) is 47.1 Å². The number of rotatable bonds is 7. The van der Waals surface area contributed by atoms with Gasteiger partial charge in [0, 0.05) is 17.3 Å². The Morgan fingerprint density at radius 2 is 1.69 bits per heavy atom. The quantitative estimate of drug-likeness (QED) is 0.286. The topological polar surface area (TPSA) is 68.5 Å². The van der Waals surface area contributed by atoms with Gasteiger partial charge in [0.05, 0.1) is 16.4 Å². The number of hydrogen-bond acceptors (Lipinski definition) is 4. The molecule has 1 atom stereocenters. The first-order valence-electron chi connectivity index (χ1n) is 10.1. The Kier molecular flexibility index (Phi) is 6.77. The molecule has 0 aliphatic rings. The molecule has 0 aliphatic heterocycles. The zero-order valence-corrected chi connectivity index (χ0v) is 18.9. The Morgan fingerprint density at radius 1 is 1.03 bits per heavy atom. The van der Waals surface area contributed by atoms with Gasteiger partial charge in [-0.15, -0.1) is 0 Å². The van der Waals surface area contributed by atoms with Crippen molar-refractivity contribution < 1.29 is 9.53 Å². The van der Waals surface area contributed by atoms with E-state index in [1.165, 1.54) is 0 Å². The predicted molar refractivity (Wildman–Crippen MR) is 129 cm³/mol. The predicted octanol–water partition coefficient (Wildman–Crippen LogP) is 5.22. The zero-order valence-electron chi connectivity index (χ0n) is 17.4. The minimum absolute atomic E-state index is 0.353. The van der Waals surface area contributed by atoms with Gasteiger partial charge in [-0.3, -0.25) is 4.79 Å². The van der Waals surface area contributed by atoms with Crippen LogP contribution in [0.1, 0.15) is 12.5 Å². The summed E-state index contributed by atoms with van der Waals surface area (Å²) in [5.41, 5.74) is 5.99. The van der Waals surface area contributed by atoms with E-state index in [-0.39, 0.29) is 5.91 Å². The summed E-state index contributed by atoms with van der Waals surface area (Å²) in [7, 11) is 0. The van der Waals surface area contributed by atoms with Crippen LogP contribution in [0.2, 0.25) is 0 Å². The first-order chi connectivity index (χ1) is 15.6. The van der Waals surface area contributed by atoms with E-state index in [9.17, 15) is 4.79 Å². The molecule has 0 unspecified atom stereocenters. The van der Waals surface area contributed by atoms with Crippen molar-refractivity contribution in [3.8, 4) is 22.7 Å². The van der Waals surface area contributed by atoms with Crippen molar-refractivity contribution in [3.63, 3.8) is 0 Å². The minimum Gasteiger partial charge on any atom is -0.480 e. The van der Waals surface area contributed by atoms with Crippen LogP contribution in [0.15, 0.2) is 101 Å². The number of hydrazone groups is 1. The third-order valence-corrected chi connectivity index (χ3v) is 5.35. The molecule has 0 fully saturated rings. The number of ether oxygens (including phenoxy) is 1. The largest absolute Gasteiger partial charge is 0.480 e. The molecule has 0 bridgehead atoms. The van der Waals surface area contributed by atoms with E-state index in [1.807, 2.05) is 85.1 Å². The number of halogens is 1. The molecule has 0 radical (unpaired) electrons. The number of benzene rings is 3. The summed E-state index contributed by atoms with van der Waals surface area (Å²) < 4.78 is 8.29. The number of hydrogen-bond donors (Lipinski definition) is 1. The van der Waals surface area contributed by atoms with Crippen molar-refractivity contribution in [2.75, 3.05) is 0 Å². The second-order valence-electron chi connectivity index (χ2n) is 7.00. The normalized spacial score (nSPS) is 11.9. The lowest BCUT2D eigenvalue weighted by Gasteiger charge is -2.13. The molecule has 0 saturated carbocycles. The highest BCUT2D eigenvalue weighted by atomic mass is 79.9. The fourth-order valence-corrected chi connectivity index (χ4v) is 3.43. The van der Waals surface area contributed by atoms with Gasteiger partial charge < -0.3 is 4.74 Å². The van der Waals surface area contributed by atoms with Crippen LogP contribution in [0.3, 0.4) is 0 Å². The zero-order chi connectivity index (χ0) is 22.3. The van der Waals surface area contributed by atoms with Crippen LogP contribution >= 0.6 is 15.9 Å². The lowest BCUT2D eigenvalue weighted by Crippen LogP contribution is -2.33. The Morgan fingerprint density at radius 3 is 2.41 bits per heavy atom. The first kappa shape index (κ1) is 21.5. The first-order valence-corrected chi connectivity index (χ1v) is 10.9. The summed E-state index contributed by atoms with van der Waals surface area (Å²) in [5, 5.41) is 8.88. The van der Waals surface area contributed by atoms with Crippen LogP contribution in [0.4, 0.5) is 0 Å². The van der Waals surface area contributed by atoms with E-state index in [1.54, 1.807) is 23.9 Å². The third-order valence-electron chi connectivity index (χ3n) is 4.70. The fourth-order valence-electron chi connectivity index (χ4n) is 3.06. The average Bonchev–Trinajstić information content (AvgIpc) is 3.26. The highest BCUT2D eigenvalue weighted by molar-refractivity contribution is 9.10. The van der Waals surface area contributed by atoms with Crippen LogP contribution < -0.4 is 10.2 Å². The monoisotopic (exact) mass is 488 g/mol. The number of amides is 1. The molecule has 0 spiro atoms. The molecule has 0 aliphatic carbocycles. The smallest absolute Gasteiger partial charge is 0.280 e. The van der Waals surface area contributed by atoms with Crippen LogP contribution in [0.5, 0.6) is 5.75 Å². The van der Waals surface area contributed by atoms with Crippen LogP contribution in [0, 0.1) is 0 Å². The van der Waals surface area contributed by atoms with Gasteiger partial charge in [0.25, 0.3) is 5.91 Å². The molecule has 0 saturated heterocycles. The summed E-state index contributed by atoms with van der Waals surface area (Å²) >= 11 is 3.41. The van der Waals surface area contributed by atoms with Gasteiger partial charge in [-0.2, -0.15) is 10.2 Å². The molecule has 160 valence electrons. The van der Waals surface area contributed by atoms with Crippen molar-refractivity contribution in [1.82, 2.24) is 15.2 Å². The van der Waals surface area contributed by atoms with Crippen molar-refractivity contribution in [2.45, 2.75) is 13.0 Å². The summed E-state index contributed by atoms with van der Waals surface area (Å²) in [6.07, 6.45) is 2.76. The van der Waals surface area contributed by atoms with Gasteiger partial charge in [-0.1, -0.05) is 60.7 Å². The maximum absolute atomic E-state index is 12.4. The standard InChI is InChI=1S/C25H21BrN4O2/c1-18(32-23-15-9-8-14-22(23)26)25(31)28-27-16-20-17-30(21-12-6-3-7-13-21)29-24(20)19-10-4-2-5-11-19/h2-18H,1H3,(H,28,31)/t18-/m0/s1. The molecule has 1 amide bonds.